The minimum Gasteiger partial charge on any atom is -0.497 e. The second kappa shape index (κ2) is 5.67. The molecule has 4 nitrogen and oxygen atoms in total. The van der Waals surface area contributed by atoms with Crippen LogP contribution in [0.2, 0.25) is 0 Å². The molecule has 0 bridgehead atoms. The molecule has 19 heavy (non-hydrogen) atoms. The van der Waals surface area contributed by atoms with Gasteiger partial charge >= 0.3 is 0 Å². The molecule has 102 valence electrons. The second-order valence-corrected chi connectivity index (χ2v) is 5.23. The molecule has 0 fully saturated rings. The van der Waals surface area contributed by atoms with E-state index in [1.54, 1.807) is 13.2 Å². The lowest BCUT2D eigenvalue weighted by Crippen LogP contribution is -2.35. The van der Waals surface area contributed by atoms with Crippen LogP contribution in [0.15, 0.2) is 45.5 Å². The Labute approximate surface area is 120 Å². The quantitative estimate of drug-likeness (QED) is 0.884. The predicted molar refractivity (Wildman–Crippen MR) is 77.5 cm³/mol. The lowest BCUT2D eigenvalue weighted by molar-refractivity contribution is 0.202. The van der Waals surface area contributed by atoms with E-state index >= 15 is 0 Å². The van der Waals surface area contributed by atoms with Crippen molar-refractivity contribution in [1.29, 1.82) is 0 Å². The zero-order valence-electron chi connectivity index (χ0n) is 10.8. The number of hydrogen-bond donors (Lipinski definition) is 2. The molecule has 0 aliphatic heterocycles. The first-order chi connectivity index (χ1) is 9.07. The van der Waals surface area contributed by atoms with E-state index < -0.39 is 5.54 Å². The van der Waals surface area contributed by atoms with Crippen LogP contribution in [0.5, 0.6) is 5.75 Å². The van der Waals surface area contributed by atoms with Crippen molar-refractivity contribution < 1.29 is 14.3 Å². The summed E-state index contributed by atoms with van der Waals surface area (Å²) < 4.78 is 11.3. The highest BCUT2D eigenvalue weighted by molar-refractivity contribution is 9.10. The molecule has 2 aromatic rings. The largest absolute Gasteiger partial charge is 0.497 e. The number of halogens is 1. The normalized spacial score (nSPS) is 13.9. The number of rotatable bonds is 5. The number of methoxy groups -OCH3 is 1. The Bertz CT molecular complexity index is 538. The van der Waals surface area contributed by atoms with Gasteiger partial charge in [0.15, 0.2) is 4.67 Å². The molecule has 0 aliphatic rings. The topological polar surface area (TPSA) is 54.6 Å². The van der Waals surface area contributed by atoms with Crippen molar-refractivity contribution in [3.63, 3.8) is 0 Å². The first-order valence-electron chi connectivity index (χ1n) is 5.86. The van der Waals surface area contributed by atoms with Crippen molar-refractivity contribution in [2.24, 2.45) is 0 Å². The van der Waals surface area contributed by atoms with E-state index in [1.807, 2.05) is 37.3 Å². The van der Waals surface area contributed by atoms with Gasteiger partial charge in [-0.1, -0.05) is 0 Å². The summed E-state index contributed by atoms with van der Waals surface area (Å²) in [5.74, 6) is 1.45. The van der Waals surface area contributed by atoms with E-state index in [4.69, 9.17) is 9.15 Å². The molecule has 0 spiro atoms. The molecule has 0 amide bonds. The highest BCUT2D eigenvalue weighted by Crippen LogP contribution is 2.29. The minimum absolute atomic E-state index is 0.0843. The summed E-state index contributed by atoms with van der Waals surface area (Å²) in [7, 11) is 1.63. The molecule has 0 radical (unpaired) electrons. The van der Waals surface area contributed by atoms with E-state index in [0.29, 0.717) is 10.4 Å². The Hall–Kier alpha value is -1.46. The molecule has 1 aromatic carbocycles. The fraction of sp³-hybridized carbons (Fsp3) is 0.286. The van der Waals surface area contributed by atoms with Crippen LogP contribution in [0.3, 0.4) is 0 Å². The third kappa shape index (κ3) is 3.11. The SMILES string of the molecule is COc1ccc(NC(C)(CO)c2ccc(Br)o2)cc1. The van der Waals surface area contributed by atoms with Gasteiger partial charge in [-0.25, -0.2) is 0 Å². The summed E-state index contributed by atoms with van der Waals surface area (Å²) in [5.41, 5.74) is 0.200. The number of furan rings is 1. The number of benzene rings is 1. The van der Waals surface area contributed by atoms with Crippen molar-refractivity contribution in [3.8, 4) is 5.75 Å². The smallest absolute Gasteiger partial charge is 0.169 e. The molecule has 5 heteroatoms. The van der Waals surface area contributed by atoms with Crippen LogP contribution in [-0.4, -0.2) is 18.8 Å². The number of ether oxygens (including phenoxy) is 1. The summed E-state index contributed by atoms with van der Waals surface area (Å²) in [5, 5.41) is 12.9. The first kappa shape index (κ1) is 14.0. The van der Waals surface area contributed by atoms with Crippen molar-refractivity contribution >= 4 is 21.6 Å². The maximum atomic E-state index is 9.65. The van der Waals surface area contributed by atoms with Gasteiger partial charge in [0.1, 0.15) is 17.0 Å². The Morgan fingerprint density at radius 2 is 1.95 bits per heavy atom. The van der Waals surface area contributed by atoms with Gasteiger partial charge in [0.25, 0.3) is 0 Å². The molecule has 1 aromatic heterocycles. The molecule has 0 saturated heterocycles. The Kier molecular flexibility index (Phi) is 4.17. The molecule has 2 N–H and O–H groups in total. The van der Waals surface area contributed by atoms with Gasteiger partial charge in [0.05, 0.1) is 13.7 Å². The number of hydrogen-bond acceptors (Lipinski definition) is 4. The average molecular weight is 326 g/mol. The molecular weight excluding hydrogens is 310 g/mol. The number of aliphatic hydroxyl groups is 1. The van der Waals surface area contributed by atoms with Gasteiger partial charge < -0.3 is 19.6 Å². The standard InChI is InChI=1S/C14H16BrNO3/c1-14(9-17,12-7-8-13(15)19-12)16-10-3-5-11(18-2)6-4-10/h3-8,16-17H,9H2,1-2H3. The van der Waals surface area contributed by atoms with Crippen LogP contribution < -0.4 is 10.1 Å². The van der Waals surface area contributed by atoms with Crippen LogP contribution >= 0.6 is 15.9 Å². The predicted octanol–water partition coefficient (Wildman–Crippen LogP) is 3.37. The maximum Gasteiger partial charge on any atom is 0.169 e. The van der Waals surface area contributed by atoms with Crippen LogP contribution in [0, 0.1) is 0 Å². The summed E-state index contributed by atoms with van der Waals surface area (Å²) in [6, 6.07) is 11.1. The van der Waals surface area contributed by atoms with E-state index in [0.717, 1.165) is 11.4 Å². The molecule has 0 saturated carbocycles. The van der Waals surface area contributed by atoms with Crippen LogP contribution in [0.4, 0.5) is 5.69 Å². The summed E-state index contributed by atoms with van der Waals surface area (Å²) in [4.78, 5) is 0. The lowest BCUT2D eigenvalue weighted by atomic mass is 9.99. The Morgan fingerprint density at radius 3 is 2.42 bits per heavy atom. The zero-order chi connectivity index (χ0) is 13.9. The molecule has 1 unspecified atom stereocenters. The number of nitrogens with one attached hydrogen (secondary N) is 1. The van der Waals surface area contributed by atoms with Gasteiger partial charge in [-0.15, -0.1) is 0 Å². The van der Waals surface area contributed by atoms with Crippen molar-refractivity contribution in [2.45, 2.75) is 12.5 Å². The Morgan fingerprint density at radius 1 is 1.26 bits per heavy atom. The zero-order valence-corrected chi connectivity index (χ0v) is 12.4. The number of aliphatic hydroxyl groups excluding tert-OH is 1. The number of anilines is 1. The lowest BCUT2D eigenvalue weighted by Gasteiger charge is -2.27. The van der Waals surface area contributed by atoms with Gasteiger partial charge in [-0.3, -0.25) is 0 Å². The van der Waals surface area contributed by atoms with Crippen LogP contribution in [0.1, 0.15) is 12.7 Å². The molecule has 1 heterocycles. The molecule has 2 rings (SSSR count). The molecule has 0 aliphatic carbocycles. The third-order valence-corrected chi connectivity index (χ3v) is 3.37. The third-order valence-electron chi connectivity index (χ3n) is 2.94. The van der Waals surface area contributed by atoms with Gasteiger partial charge in [0, 0.05) is 5.69 Å². The van der Waals surface area contributed by atoms with Crippen molar-refractivity contribution in [3.05, 3.63) is 46.8 Å². The highest BCUT2D eigenvalue weighted by atomic mass is 79.9. The Balaban J connectivity index is 2.22. The summed E-state index contributed by atoms with van der Waals surface area (Å²) in [6.45, 7) is 1.79. The van der Waals surface area contributed by atoms with E-state index in [2.05, 4.69) is 21.2 Å². The maximum absolute atomic E-state index is 9.65. The monoisotopic (exact) mass is 325 g/mol. The first-order valence-corrected chi connectivity index (χ1v) is 6.65. The highest BCUT2D eigenvalue weighted by Gasteiger charge is 2.29. The van der Waals surface area contributed by atoms with Gasteiger partial charge in [-0.2, -0.15) is 0 Å². The minimum atomic E-state index is -0.680. The van der Waals surface area contributed by atoms with Crippen LogP contribution in [0.25, 0.3) is 0 Å². The average Bonchev–Trinajstić information content (AvgIpc) is 2.87. The fourth-order valence-corrected chi connectivity index (χ4v) is 2.09. The van der Waals surface area contributed by atoms with Crippen molar-refractivity contribution in [1.82, 2.24) is 0 Å². The summed E-state index contributed by atoms with van der Waals surface area (Å²) >= 11 is 3.27. The van der Waals surface area contributed by atoms with E-state index in [1.165, 1.54) is 0 Å². The summed E-state index contributed by atoms with van der Waals surface area (Å²) in [6.07, 6.45) is 0. The fourth-order valence-electron chi connectivity index (χ4n) is 1.78. The van der Waals surface area contributed by atoms with Gasteiger partial charge in [0.2, 0.25) is 0 Å². The second-order valence-electron chi connectivity index (χ2n) is 4.45. The molecular formula is C14H16BrNO3. The van der Waals surface area contributed by atoms with Gasteiger partial charge in [-0.05, 0) is 59.3 Å². The van der Waals surface area contributed by atoms with E-state index in [9.17, 15) is 5.11 Å². The molecule has 1 atom stereocenters. The van der Waals surface area contributed by atoms with Crippen LogP contribution in [-0.2, 0) is 5.54 Å². The van der Waals surface area contributed by atoms with E-state index in [-0.39, 0.29) is 6.61 Å². The van der Waals surface area contributed by atoms with Crippen molar-refractivity contribution in [2.75, 3.05) is 19.0 Å².